The number of aromatic amines is 2. The van der Waals surface area contributed by atoms with Crippen molar-refractivity contribution >= 4 is 22.5 Å². The number of rotatable bonds is 5. The number of benzene rings is 2. The van der Waals surface area contributed by atoms with Crippen molar-refractivity contribution in [1.82, 2.24) is 25.1 Å². The molecule has 0 unspecified atom stereocenters. The van der Waals surface area contributed by atoms with Gasteiger partial charge in [0, 0.05) is 36.1 Å². The third-order valence-corrected chi connectivity index (χ3v) is 5.00. The van der Waals surface area contributed by atoms with Gasteiger partial charge in [0.2, 0.25) is 0 Å². The van der Waals surface area contributed by atoms with E-state index in [1.54, 1.807) is 24.5 Å². The topological polar surface area (TPSA) is 109 Å². The molecule has 0 atom stereocenters. The van der Waals surface area contributed by atoms with Crippen molar-refractivity contribution in [2.75, 3.05) is 5.32 Å². The lowest BCUT2D eigenvalue weighted by Gasteiger charge is -2.10. The summed E-state index contributed by atoms with van der Waals surface area (Å²) >= 11 is 0. The first kappa shape index (κ1) is 22.1. The third kappa shape index (κ3) is 4.53. The Labute approximate surface area is 194 Å². The van der Waals surface area contributed by atoms with Crippen molar-refractivity contribution in [1.29, 1.82) is 0 Å². The number of imidazole rings is 1. The first-order valence-corrected chi connectivity index (χ1v) is 10.1. The molecule has 0 saturated heterocycles. The number of halogens is 4. The van der Waals surface area contributed by atoms with E-state index >= 15 is 0 Å². The summed E-state index contributed by atoms with van der Waals surface area (Å²) in [6.45, 7) is 0. The molecular formula is C23H14F4N6O2. The maximum Gasteiger partial charge on any atom is 0.416 e. The second-order valence-electron chi connectivity index (χ2n) is 7.34. The summed E-state index contributed by atoms with van der Waals surface area (Å²) in [6.07, 6.45) is 0.146. The molecule has 0 radical (unpaired) electrons. The molecule has 5 rings (SSSR count). The van der Waals surface area contributed by atoms with Crippen LogP contribution in [-0.4, -0.2) is 31.1 Å². The molecule has 3 aromatic heterocycles. The Balaban J connectivity index is 1.34. The van der Waals surface area contributed by atoms with Gasteiger partial charge in [-0.3, -0.25) is 14.9 Å². The standard InChI is InChI=1S/C23H14F4N6O2/c24-16-10-13(35-14-5-6-28-19(11-14)21-29-7-8-30-21)2-4-18(16)31-22(34)20-15-9-12(23(25,26)27)1-3-17(15)32-33-20/h1-11H,(H,29,30)(H,31,34)(H,32,33). The number of anilines is 1. The van der Waals surface area contributed by atoms with Gasteiger partial charge in [-0.05, 0) is 36.4 Å². The van der Waals surface area contributed by atoms with Gasteiger partial charge < -0.3 is 15.0 Å². The summed E-state index contributed by atoms with van der Waals surface area (Å²) in [6, 6.07) is 9.82. The van der Waals surface area contributed by atoms with Crippen LogP contribution in [0.25, 0.3) is 22.4 Å². The number of nitrogens with one attached hydrogen (secondary N) is 3. The lowest BCUT2D eigenvalue weighted by Crippen LogP contribution is -2.14. The van der Waals surface area contributed by atoms with Crippen molar-refractivity contribution in [3.8, 4) is 23.0 Å². The van der Waals surface area contributed by atoms with Gasteiger partial charge in [-0.15, -0.1) is 0 Å². The molecule has 0 aliphatic carbocycles. The molecule has 35 heavy (non-hydrogen) atoms. The van der Waals surface area contributed by atoms with Gasteiger partial charge in [0.25, 0.3) is 5.91 Å². The molecule has 3 heterocycles. The number of ether oxygens (including phenoxy) is 1. The maximum atomic E-state index is 14.7. The van der Waals surface area contributed by atoms with Crippen LogP contribution >= 0.6 is 0 Å². The van der Waals surface area contributed by atoms with Crippen molar-refractivity contribution in [3.05, 3.63) is 84.2 Å². The first-order chi connectivity index (χ1) is 16.8. The summed E-state index contributed by atoms with van der Waals surface area (Å²) in [4.78, 5) is 23.9. The van der Waals surface area contributed by atoms with Crippen molar-refractivity contribution < 1.29 is 27.1 Å². The Morgan fingerprint density at radius 1 is 0.971 bits per heavy atom. The van der Waals surface area contributed by atoms with Gasteiger partial charge in [0.1, 0.15) is 23.0 Å². The smallest absolute Gasteiger partial charge is 0.416 e. The van der Waals surface area contributed by atoms with Crippen molar-refractivity contribution in [3.63, 3.8) is 0 Å². The van der Waals surface area contributed by atoms with Crippen LogP contribution in [0, 0.1) is 5.82 Å². The number of aromatic nitrogens is 5. The van der Waals surface area contributed by atoms with Crippen molar-refractivity contribution in [2.45, 2.75) is 6.18 Å². The summed E-state index contributed by atoms with van der Waals surface area (Å²) in [5.74, 6) is -0.622. The monoisotopic (exact) mass is 482 g/mol. The number of alkyl halides is 3. The van der Waals surface area contributed by atoms with Crippen LogP contribution < -0.4 is 10.1 Å². The predicted molar refractivity (Wildman–Crippen MR) is 117 cm³/mol. The number of carbonyl (C=O) groups is 1. The van der Waals surface area contributed by atoms with Gasteiger partial charge in [-0.1, -0.05) is 0 Å². The van der Waals surface area contributed by atoms with Crippen LogP contribution in [0.5, 0.6) is 11.5 Å². The van der Waals surface area contributed by atoms with E-state index in [9.17, 15) is 22.4 Å². The summed E-state index contributed by atoms with van der Waals surface area (Å²) < 4.78 is 59.5. The minimum absolute atomic E-state index is 0.0391. The van der Waals surface area contributed by atoms with Gasteiger partial charge in [0.05, 0.1) is 16.8 Å². The molecule has 0 spiro atoms. The van der Waals surface area contributed by atoms with E-state index in [1.165, 1.54) is 24.4 Å². The molecule has 176 valence electrons. The van der Waals surface area contributed by atoms with Crippen molar-refractivity contribution in [2.24, 2.45) is 0 Å². The quantitative estimate of drug-likeness (QED) is 0.285. The highest BCUT2D eigenvalue weighted by atomic mass is 19.4. The molecular weight excluding hydrogens is 468 g/mol. The van der Waals surface area contributed by atoms with E-state index < -0.39 is 23.5 Å². The highest BCUT2D eigenvalue weighted by Gasteiger charge is 2.31. The zero-order valence-electron chi connectivity index (χ0n) is 17.5. The van der Waals surface area contributed by atoms with Crippen LogP contribution in [-0.2, 0) is 6.18 Å². The number of pyridine rings is 1. The number of nitrogens with zero attached hydrogens (tertiary/aromatic N) is 3. The molecule has 8 nitrogen and oxygen atoms in total. The van der Waals surface area contributed by atoms with Crippen LogP contribution in [0.3, 0.4) is 0 Å². The molecule has 12 heteroatoms. The largest absolute Gasteiger partial charge is 0.457 e. The average molecular weight is 482 g/mol. The lowest BCUT2D eigenvalue weighted by molar-refractivity contribution is -0.137. The second-order valence-corrected chi connectivity index (χ2v) is 7.34. The lowest BCUT2D eigenvalue weighted by atomic mass is 10.1. The van der Waals surface area contributed by atoms with Crippen LogP contribution in [0.4, 0.5) is 23.2 Å². The number of hydrogen-bond donors (Lipinski definition) is 3. The first-order valence-electron chi connectivity index (χ1n) is 10.1. The fraction of sp³-hybridized carbons (Fsp3) is 0.0435. The summed E-state index contributed by atoms with van der Waals surface area (Å²) in [5, 5.41) is 8.56. The van der Waals surface area contributed by atoms with Gasteiger partial charge in [-0.25, -0.2) is 9.37 Å². The molecule has 0 fully saturated rings. The number of amides is 1. The average Bonchev–Trinajstić information content (AvgIpc) is 3.50. The number of fused-ring (bicyclic) bond motifs is 1. The summed E-state index contributed by atoms with van der Waals surface area (Å²) in [5.41, 5.74) is -0.667. The predicted octanol–water partition coefficient (Wildman–Crippen LogP) is 5.55. The molecule has 0 aliphatic heterocycles. The van der Waals surface area contributed by atoms with Crippen LogP contribution in [0.1, 0.15) is 16.1 Å². The Kier molecular flexibility index (Phi) is 5.40. The van der Waals surface area contributed by atoms with E-state index in [0.29, 0.717) is 17.3 Å². The van der Waals surface area contributed by atoms with Crippen LogP contribution in [0.15, 0.2) is 67.1 Å². The Morgan fingerprint density at radius 3 is 2.54 bits per heavy atom. The molecule has 1 amide bonds. The number of carbonyl (C=O) groups excluding carboxylic acids is 1. The van der Waals surface area contributed by atoms with Crippen LogP contribution in [0.2, 0.25) is 0 Å². The SMILES string of the molecule is O=C(Nc1ccc(Oc2ccnc(-c3ncc[nH]3)c2)cc1F)c1n[nH]c2ccc(C(F)(F)F)cc12. The van der Waals surface area contributed by atoms with Gasteiger partial charge >= 0.3 is 6.18 Å². The zero-order chi connectivity index (χ0) is 24.6. The highest BCUT2D eigenvalue weighted by Crippen LogP contribution is 2.32. The normalized spacial score (nSPS) is 11.5. The van der Waals surface area contributed by atoms with Gasteiger partial charge in [-0.2, -0.15) is 18.3 Å². The van der Waals surface area contributed by atoms with Gasteiger partial charge in [0.15, 0.2) is 11.5 Å². The fourth-order valence-electron chi connectivity index (χ4n) is 3.35. The number of H-pyrrole nitrogens is 2. The Hall–Kier alpha value is -4.74. The van der Waals surface area contributed by atoms with E-state index in [4.69, 9.17) is 4.74 Å². The zero-order valence-corrected chi connectivity index (χ0v) is 17.5. The molecule has 5 aromatic rings. The van der Waals surface area contributed by atoms with E-state index in [-0.39, 0.29) is 28.0 Å². The fourth-order valence-corrected chi connectivity index (χ4v) is 3.35. The van der Waals surface area contributed by atoms with E-state index in [2.05, 4.69) is 30.5 Å². The van der Waals surface area contributed by atoms with E-state index in [0.717, 1.165) is 18.2 Å². The molecule has 2 aromatic carbocycles. The molecule has 0 bridgehead atoms. The Bertz CT molecular complexity index is 1530. The molecule has 0 saturated carbocycles. The summed E-state index contributed by atoms with van der Waals surface area (Å²) in [7, 11) is 0. The van der Waals surface area contributed by atoms with E-state index in [1.807, 2.05) is 0 Å². The number of hydrogen-bond acceptors (Lipinski definition) is 5. The molecule has 0 aliphatic rings. The minimum atomic E-state index is -4.59. The maximum absolute atomic E-state index is 14.7. The highest BCUT2D eigenvalue weighted by molar-refractivity contribution is 6.11. The minimum Gasteiger partial charge on any atom is -0.457 e. The molecule has 3 N–H and O–H groups in total. The Morgan fingerprint density at radius 2 is 1.80 bits per heavy atom. The third-order valence-electron chi connectivity index (χ3n) is 5.00. The second kappa shape index (κ2) is 8.56.